The van der Waals surface area contributed by atoms with Gasteiger partial charge in [0, 0.05) is 49.5 Å². The number of rotatable bonds is 6. The zero-order valence-electron chi connectivity index (χ0n) is 20.5. The van der Waals surface area contributed by atoms with Crippen LogP contribution >= 0.6 is 0 Å². The lowest BCUT2D eigenvalue weighted by Gasteiger charge is -2.27. The monoisotopic (exact) mass is 490 g/mol. The normalized spacial score (nSPS) is 19.6. The first-order valence-corrected chi connectivity index (χ1v) is 12.3. The third-order valence-corrected chi connectivity index (χ3v) is 7.08. The van der Waals surface area contributed by atoms with Gasteiger partial charge in [-0.25, -0.2) is 28.7 Å². The molecule has 0 spiro atoms. The van der Waals surface area contributed by atoms with Crippen LogP contribution in [0.15, 0.2) is 36.7 Å². The highest BCUT2D eigenvalue weighted by Crippen LogP contribution is 2.30. The number of halogens is 2. The molecule has 2 fully saturated rings. The summed E-state index contributed by atoms with van der Waals surface area (Å²) in [6, 6.07) is 8.16. The predicted octanol–water partition coefficient (Wildman–Crippen LogP) is 4.35. The molecule has 36 heavy (non-hydrogen) atoms. The molecule has 1 aromatic carbocycles. The molecule has 6 rings (SSSR count). The van der Waals surface area contributed by atoms with Crippen LogP contribution in [0, 0.1) is 18.6 Å². The number of imidazole rings is 1. The van der Waals surface area contributed by atoms with E-state index in [0.29, 0.717) is 34.8 Å². The number of pyridine rings is 1. The third kappa shape index (κ3) is 4.10. The van der Waals surface area contributed by atoms with Crippen molar-refractivity contribution >= 4 is 22.8 Å². The number of likely N-dealkylation sites (tertiary alicyclic amines) is 1. The van der Waals surface area contributed by atoms with Gasteiger partial charge in [-0.15, -0.1) is 0 Å². The lowest BCUT2D eigenvalue weighted by Crippen LogP contribution is -2.42. The van der Waals surface area contributed by atoms with Crippen molar-refractivity contribution < 1.29 is 8.78 Å². The van der Waals surface area contributed by atoms with Gasteiger partial charge in [-0.2, -0.15) is 0 Å². The van der Waals surface area contributed by atoms with E-state index in [1.54, 1.807) is 6.07 Å². The minimum absolute atomic E-state index is 0.0109. The van der Waals surface area contributed by atoms with Gasteiger partial charge < -0.3 is 15.2 Å². The molecular formula is C26H28F2N8. The Balaban J connectivity index is 1.25. The van der Waals surface area contributed by atoms with Crippen LogP contribution in [0.1, 0.15) is 37.7 Å². The molecule has 8 nitrogen and oxygen atoms in total. The number of aromatic nitrogens is 5. The number of fused-ring (bicyclic) bond motifs is 3. The van der Waals surface area contributed by atoms with E-state index >= 15 is 0 Å². The Labute approximate surface area is 207 Å². The first-order valence-electron chi connectivity index (χ1n) is 12.3. The average Bonchev–Trinajstić information content (AvgIpc) is 3.55. The minimum atomic E-state index is -0.635. The third-order valence-electron chi connectivity index (χ3n) is 7.08. The Morgan fingerprint density at radius 1 is 1.11 bits per heavy atom. The van der Waals surface area contributed by atoms with E-state index in [2.05, 4.69) is 35.5 Å². The van der Waals surface area contributed by atoms with Crippen molar-refractivity contribution in [1.82, 2.24) is 34.7 Å². The van der Waals surface area contributed by atoms with Crippen LogP contribution in [0.2, 0.25) is 0 Å². The first kappa shape index (κ1) is 22.9. The average molecular weight is 491 g/mol. The van der Waals surface area contributed by atoms with Gasteiger partial charge in [0.15, 0.2) is 11.6 Å². The summed E-state index contributed by atoms with van der Waals surface area (Å²) in [5, 5.41) is 6.56. The van der Waals surface area contributed by atoms with Gasteiger partial charge in [0.05, 0.1) is 11.7 Å². The standard InChI is InChI=1S/C26H28F2N8/c1-14(2)36-15(3)32-25-20(27)6-17(7-22(25)36)24-21(28)11-31-26(34-24)33-23-5-4-16(9-30-23)12-35-13-18-8-19(35)10-29-18/h4-7,9,11,14,18-19,29H,8,10,12-13H2,1-3H3,(H,30,31,33,34). The molecule has 0 radical (unpaired) electrons. The van der Waals surface area contributed by atoms with Crippen LogP contribution in [-0.4, -0.2) is 54.6 Å². The van der Waals surface area contributed by atoms with Gasteiger partial charge in [-0.1, -0.05) is 6.07 Å². The molecule has 186 valence electrons. The zero-order chi connectivity index (χ0) is 25.0. The lowest BCUT2D eigenvalue weighted by molar-refractivity contribution is 0.217. The van der Waals surface area contributed by atoms with Crippen LogP contribution in [0.3, 0.4) is 0 Å². The SMILES string of the molecule is Cc1nc2c(F)cc(-c3nc(Nc4ccc(CN5CC6CC5CN6)cn4)ncc3F)cc2n1C(C)C. The Hall–Kier alpha value is -3.50. The summed E-state index contributed by atoms with van der Waals surface area (Å²) in [5.41, 5.74) is 2.33. The van der Waals surface area contributed by atoms with Crippen LogP contribution in [0.4, 0.5) is 20.5 Å². The van der Waals surface area contributed by atoms with Gasteiger partial charge in [0.25, 0.3) is 0 Å². The smallest absolute Gasteiger partial charge is 0.229 e. The van der Waals surface area contributed by atoms with Crippen molar-refractivity contribution in [3.63, 3.8) is 0 Å². The van der Waals surface area contributed by atoms with Crippen molar-refractivity contribution in [3.05, 3.63) is 59.7 Å². The number of aryl methyl sites for hydroxylation is 1. The van der Waals surface area contributed by atoms with Crippen molar-refractivity contribution in [1.29, 1.82) is 0 Å². The van der Waals surface area contributed by atoms with E-state index in [1.165, 1.54) is 12.5 Å². The van der Waals surface area contributed by atoms with Gasteiger partial charge in [-0.3, -0.25) is 4.90 Å². The summed E-state index contributed by atoms with van der Waals surface area (Å²) in [4.78, 5) is 19.7. The highest BCUT2D eigenvalue weighted by molar-refractivity contribution is 5.83. The Kier molecular flexibility index (Phi) is 5.65. The molecule has 2 aliphatic rings. The summed E-state index contributed by atoms with van der Waals surface area (Å²) < 4.78 is 31.6. The second-order valence-corrected chi connectivity index (χ2v) is 9.94. The van der Waals surface area contributed by atoms with Gasteiger partial charge in [0.2, 0.25) is 5.95 Å². The summed E-state index contributed by atoms with van der Waals surface area (Å²) in [7, 11) is 0. The van der Waals surface area contributed by atoms with E-state index in [0.717, 1.165) is 31.4 Å². The molecule has 3 aromatic heterocycles. The fourth-order valence-corrected chi connectivity index (χ4v) is 5.47. The van der Waals surface area contributed by atoms with E-state index in [4.69, 9.17) is 0 Å². The molecule has 0 saturated carbocycles. The second-order valence-electron chi connectivity index (χ2n) is 9.94. The van der Waals surface area contributed by atoms with Crippen LogP contribution < -0.4 is 10.6 Å². The predicted molar refractivity (Wildman–Crippen MR) is 134 cm³/mol. The second kappa shape index (κ2) is 8.86. The fourth-order valence-electron chi connectivity index (χ4n) is 5.47. The molecule has 2 bridgehead atoms. The van der Waals surface area contributed by atoms with E-state index in [9.17, 15) is 8.78 Å². The molecule has 10 heteroatoms. The molecule has 2 unspecified atom stereocenters. The first-order chi connectivity index (χ1) is 17.4. The molecule has 2 aliphatic heterocycles. The zero-order valence-corrected chi connectivity index (χ0v) is 20.5. The highest BCUT2D eigenvalue weighted by atomic mass is 19.1. The number of nitrogens with zero attached hydrogens (tertiary/aromatic N) is 6. The van der Waals surface area contributed by atoms with Gasteiger partial charge >= 0.3 is 0 Å². The molecule has 2 saturated heterocycles. The summed E-state index contributed by atoms with van der Waals surface area (Å²) in [5.74, 6) is 0.283. The Bertz CT molecular complexity index is 1430. The number of anilines is 2. The number of hydrogen-bond acceptors (Lipinski definition) is 7. The minimum Gasteiger partial charge on any atom is -0.326 e. The molecule has 2 N–H and O–H groups in total. The fraction of sp³-hybridized carbons (Fsp3) is 0.385. The molecular weight excluding hydrogens is 462 g/mol. The summed E-state index contributed by atoms with van der Waals surface area (Å²) >= 11 is 0. The number of hydrogen-bond donors (Lipinski definition) is 2. The number of benzene rings is 1. The molecule has 0 amide bonds. The van der Waals surface area contributed by atoms with E-state index in [1.807, 2.05) is 43.7 Å². The van der Waals surface area contributed by atoms with E-state index < -0.39 is 11.6 Å². The van der Waals surface area contributed by atoms with Crippen LogP contribution in [0.5, 0.6) is 0 Å². The number of nitrogens with one attached hydrogen (secondary N) is 2. The van der Waals surface area contributed by atoms with Crippen molar-refractivity contribution in [2.24, 2.45) is 0 Å². The largest absolute Gasteiger partial charge is 0.326 e. The maximum absolute atomic E-state index is 14.9. The Morgan fingerprint density at radius 3 is 2.67 bits per heavy atom. The van der Waals surface area contributed by atoms with Crippen LogP contribution in [0.25, 0.3) is 22.3 Å². The summed E-state index contributed by atoms with van der Waals surface area (Å²) in [6.45, 7) is 8.82. The van der Waals surface area contributed by atoms with Crippen LogP contribution in [-0.2, 0) is 6.54 Å². The van der Waals surface area contributed by atoms with E-state index in [-0.39, 0.29) is 23.2 Å². The molecule has 2 atom stereocenters. The maximum atomic E-state index is 14.9. The van der Waals surface area contributed by atoms with Gasteiger partial charge in [0.1, 0.15) is 22.9 Å². The topological polar surface area (TPSA) is 83.8 Å². The quantitative estimate of drug-likeness (QED) is 0.416. The van der Waals surface area contributed by atoms with Crippen molar-refractivity contribution in [3.8, 4) is 11.3 Å². The summed E-state index contributed by atoms with van der Waals surface area (Å²) in [6.07, 6.45) is 4.14. The lowest BCUT2D eigenvalue weighted by atomic mass is 10.1. The number of piperazine rings is 1. The van der Waals surface area contributed by atoms with Crippen molar-refractivity contribution in [2.45, 2.75) is 51.9 Å². The molecule has 0 aliphatic carbocycles. The van der Waals surface area contributed by atoms with Gasteiger partial charge in [-0.05, 0) is 51.0 Å². The molecule has 4 aromatic rings. The Morgan fingerprint density at radius 2 is 1.97 bits per heavy atom. The maximum Gasteiger partial charge on any atom is 0.229 e. The highest BCUT2D eigenvalue weighted by Gasteiger charge is 2.37. The van der Waals surface area contributed by atoms with Crippen molar-refractivity contribution in [2.75, 3.05) is 18.4 Å². The molecule has 5 heterocycles.